The molecule has 0 bridgehead atoms. The van der Waals surface area contributed by atoms with Gasteiger partial charge in [-0.05, 0) is 23.6 Å². The molecular weight excluding hydrogens is 242 g/mol. The smallest absolute Gasteiger partial charge is 0.138 e. The third-order valence-corrected chi connectivity index (χ3v) is 3.70. The summed E-state index contributed by atoms with van der Waals surface area (Å²) < 4.78 is 5.73. The minimum atomic E-state index is 0.695. The van der Waals surface area contributed by atoms with Crippen LogP contribution in [0.1, 0.15) is 4.88 Å². The van der Waals surface area contributed by atoms with Crippen LogP contribution in [-0.4, -0.2) is 11.6 Å². The van der Waals surface area contributed by atoms with Crippen molar-refractivity contribution in [1.29, 1.82) is 0 Å². The standard InChI is InChI=1S/C15H13NOS/c1-2-6-15-12(4-1)10-13(11-16-15)17-8-7-14-5-3-9-18-14/h1-6,9-11H,7-8H2. The van der Waals surface area contributed by atoms with Gasteiger partial charge in [-0.2, -0.15) is 0 Å². The zero-order valence-electron chi connectivity index (χ0n) is 9.87. The van der Waals surface area contributed by atoms with Gasteiger partial charge in [0.2, 0.25) is 0 Å². The van der Waals surface area contributed by atoms with Crippen molar-refractivity contribution < 1.29 is 4.74 Å². The van der Waals surface area contributed by atoms with Gasteiger partial charge in [-0.3, -0.25) is 4.98 Å². The maximum absolute atomic E-state index is 5.73. The van der Waals surface area contributed by atoms with Crippen molar-refractivity contribution in [3.63, 3.8) is 0 Å². The molecule has 0 aliphatic rings. The van der Waals surface area contributed by atoms with Gasteiger partial charge in [0.1, 0.15) is 5.75 Å². The van der Waals surface area contributed by atoms with Gasteiger partial charge < -0.3 is 4.74 Å². The Bertz CT molecular complexity index is 634. The molecule has 18 heavy (non-hydrogen) atoms. The molecule has 0 atom stereocenters. The quantitative estimate of drug-likeness (QED) is 0.705. The summed E-state index contributed by atoms with van der Waals surface area (Å²) in [5, 5.41) is 3.21. The van der Waals surface area contributed by atoms with Gasteiger partial charge in [-0.1, -0.05) is 24.3 Å². The number of aromatic nitrogens is 1. The zero-order valence-corrected chi connectivity index (χ0v) is 10.7. The monoisotopic (exact) mass is 255 g/mol. The minimum absolute atomic E-state index is 0.695. The summed E-state index contributed by atoms with van der Waals surface area (Å²) in [5.41, 5.74) is 1.00. The van der Waals surface area contributed by atoms with Crippen LogP contribution in [0.3, 0.4) is 0 Å². The van der Waals surface area contributed by atoms with E-state index in [-0.39, 0.29) is 0 Å². The first-order valence-corrected chi connectivity index (χ1v) is 6.80. The predicted molar refractivity (Wildman–Crippen MR) is 75.3 cm³/mol. The van der Waals surface area contributed by atoms with Crippen LogP contribution in [0.25, 0.3) is 10.9 Å². The fraction of sp³-hybridized carbons (Fsp3) is 0.133. The molecule has 3 aromatic rings. The first-order valence-electron chi connectivity index (χ1n) is 5.92. The summed E-state index contributed by atoms with van der Waals surface area (Å²) in [5.74, 6) is 0.838. The summed E-state index contributed by atoms with van der Waals surface area (Å²) in [7, 11) is 0. The second-order valence-electron chi connectivity index (χ2n) is 4.04. The first kappa shape index (κ1) is 11.2. The molecule has 0 unspecified atom stereocenters. The van der Waals surface area contributed by atoms with Gasteiger partial charge in [0.15, 0.2) is 0 Å². The van der Waals surface area contributed by atoms with Crippen molar-refractivity contribution >= 4 is 22.2 Å². The van der Waals surface area contributed by atoms with E-state index in [1.807, 2.05) is 24.3 Å². The Morgan fingerprint density at radius 1 is 1.11 bits per heavy atom. The van der Waals surface area contributed by atoms with Crippen molar-refractivity contribution in [2.24, 2.45) is 0 Å². The molecule has 2 nitrogen and oxygen atoms in total. The predicted octanol–water partition coefficient (Wildman–Crippen LogP) is 3.92. The lowest BCUT2D eigenvalue weighted by Gasteiger charge is -2.05. The molecule has 3 rings (SSSR count). The average molecular weight is 255 g/mol. The Labute approximate surface area is 110 Å². The van der Waals surface area contributed by atoms with Gasteiger partial charge in [-0.25, -0.2) is 0 Å². The second-order valence-corrected chi connectivity index (χ2v) is 5.07. The fourth-order valence-corrected chi connectivity index (χ4v) is 2.54. The van der Waals surface area contributed by atoms with Crippen molar-refractivity contribution in [1.82, 2.24) is 4.98 Å². The van der Waals surface area contributed by atoms with E-state index in [2.05, 4.69) is 28.6 Å². The largest absolute Gasteiger partial charge is 0.492 e. The number of nitrogens with zero attached hydrogens (tertiary/aromatic N) is 1. The molecule has 0 amide bonds. The number of thiophene rings is 1. The number of para-hydroxylation sites is 1. The van der Waals surface area contributed by atoms with Crippen LogP contribution in [0, 0.1) is 0 Å². The molecule has 2 heterocycles. The second kappa shape index (κ2) is 5.19. The van der Waals surface area contributed by atoms with E-state index in [0.29, 0.717) is 6.61 Å². The van der Waals surface area contributed by atoms with E-state index < -0.39 is 0 Å². The molecule has 90 valence electrons. The number of pyridine rings is 1. The van der Waals surface area contributed by atoms with E-state index in [1.165, 1.54) is 4.88 Å². The molecule has 0 aliphatic carbocycles. The average Bonchev–Trinajstić information content (AvgIpc) is 2.92. The zero-order chi connectivity index (χ0) is 12.2. The van der Waals surface area contributed by atoms with Gasteiger partial charge in [-0.15, -0.1) is 11.3 Å². The van der Waals surface area contributed by atoms with E-state index in [4.69, 9.17) is 4.74 Å². The number of rotatable bonds is 4. The minimum Gasteiger partial charge on any atom is -0.492 e. The maximum atomic E-state index is 5.73. The molecule has 3 heteroatoms. The lowest BCUT2D eigenvalue weighted by molar-refractivity contribution is 0.322. The van der Waals surface area contributed by atoms with E-state index in [0.717, 1.165) is 23.1 Å². The molecule has 1 aromatic carbocycles. The first-order chi connectivity index (χ1) is 8.92. The number of benzene rings is 1. The number of fused-ring (bicyclic) bond motifs is 1. The Balaban J connectivity index is 1.67. The summed E-state index contributed by atoms with van der Waals surface area (Å²) in [4.78, 5) is 5.73. The Hall–Kier alpha value is -1.87. The maximum Gasteiger partial charge on any atom is 0.138 e. The molecule has 0 saturated carbocycles. The number of hydrogen-bond acceptors (Lipinski definition) is 3. The van der Waals surface area contributed by atoms with E-state index in [1.54, 1.807) is 17.5 Å². The Morgan fingerprint density at radius 3 is 2.94 bits per heavy atom. The van der Waals surface area contributed by atoms with Crippen molar-refractivity contribution in [3.05, 3.63) is 58.9 Å². The normalized spacial score (nSPS) is 10.7. The van der Waals surface area contributed by atoms with Crippen LogP contribution in [0.2, 0.25) is 0 Å². The summed E-state index contributed by atoms with van der Waals surface area (Å²) in [6.45, 7) is 0.695. The van der Waals surface area contributed by atoms with Crippen LogP contribution in [0.4, 0.5) is 0 Å². The third-order valence-electron chi connectivity index (χ3n) is 2.76. The molecule has 0 fully saturated rings. The Morgan fingerprint density at radius 2 is 2.06 bits per heavy atom. The van der Waals surface area contributed by atoms with Crippen molar-refractivity contribution in [2.75, 3.05) is 6.61 Å². The molecule has 0 aliphatic heterocycles. The molecule has 0 N–H and O–H groups in total. The third kappa shape index (κ3) is 2.51. The summed E-state index contributed by atoms with van der Waals surface area (Å²) >= 11 is 1.76. The van der Waals surface area contributed by atoms with Crippen molar-refractivity contribution in [3.8, 4) is 5.75 Å². The van der Waals surface area contributed by atoms with Crippen molar-refractivity contribution in [2.45, 2.75) is 6.42 Å². The number of hydrogen-bond donors (Lipinski definition) is 0. The Kier molecular flexibility index (Phi) is 3.24. The van der Waals surface area contributed by atoms with Crippen LogP contribution in [0.5, 0.6) is 5.75 Å². The topological polar surface area (TPSA) is 22.1 Å². The summed E-state index contributed by atoms with van der Waals surface area (Å²) in [6.07, 6.45) is 2.74. The fourth-order valence-electron chi connectivity index (χ4n) is 1.85. The lowest BCUT2D eigenvalue weighted by atomic mass is 10.2. The lowest BCUT2D eigenvalue weighted by Crippen LogP contribution is -2.00. The van der Waals surface area contributed by atoms with Gasteiger partial charge in [0.05, 0.1) is 18.3 Å². The van der Waals surface area contributed by atoms with Gasteiger partial charge in [0.25, 0.3) is 0 Å². The van der Waals surface area contributed by atoms with Gasteiger partial charge in [0, 0.05) is 16.7 Å². The molecule has 0 spiro atoms. The summed E-state index contributed by atoms with van der Waals surface area (Å²) in [6, 6.07) is 14.3. The molecule has 2 aromatic heterocycles. The molecular formula is C15H13NOS. The van der Waals surface area contributed by atoms with Crippen LogP contribution in [-0.2, 0) is 6.42 Å². The highest BCUT2D eigenvalue weighted by Gasteiger charge is 1.99. The van der Waals surface area contributed by atoms with Crippen LogP contribution < -0.4 is 4.74 Å². The highest BCUT2D eigenvalue weighted by atomic mass is 32.1. The van der Waals surface area contributed by atoms with E-state index >= 15 is 0 Å². The van der Waals surface area contributed by atoms with Crippen LogP contribution in [0.15, 0.2) is 54.0 Å². The SMILES string of the molecule is c1csc(CCOc2cnc3ccccc3c2)c1. The highest BCUT2D eigenvalue weighted by molar-refractivity contribution is 7.09. The van der Waals surface area contributed by atoms with E-state index in [9.17, 15) is 0 Å². The van der Waals surface area contributed by atoms with Crippen LogP contribution >= 0.6 is 11.3 Å². The highest BCUT2D eigenvalue weighted by Crippen LogP contribution is 2.18. The molecule has 0 radical (unpaired) electrons. The number of ether oxygens (including phenoxy) is 1. The molecule has 0 saturated heterocycles. The van der Waals surface area contributed by atoms with Gasteiger partial charge >= 0.3 is 0 Å².